The van der Waals surface area contributed by atoms with Crippen molar-refractivity contribution in [2.24, 2.45) is 18.0 Å². The molecule has 0 aromatic carbocycles. The molecular weight excluding hydrogens is 316 g/mol. The van der Waals surface area contributed by atoms with Gasteiger partial charge in [0.05, 0.1) is 26.0 Å². The highest BCUT2D eigenvalue weighted by Crippen LogP contribution is 2.13. The highest BCUT2D eigenvalue weighted by Gasteiger charge is 2.22. The van der Waals surface area contributed by atoms with Crippen LogP contribution in [-0.2, 0) is 18.3 Å². The first kappa shape index (κ1) is 19.7. The van der Waals surface area contributed by atoms with E-state index in [9.17, 15) is 0 Å². The molecule has 1 fully saturated rings. The van der Waals surface area contributed by atoms with E-state index in [0.717, 1.165) is 50.9 Å². The molecule has 2 heterocycles. The molecule has 1 aromatic rings. The fraction of sp³-hybridized carbons (Fsp3) is 0.778. The number of aromatic nitrogens is 2. The summed E-state index contributed by atoms with van der Waals surface area (Å²) in [4.78, 5) is 7.23. The lowest BCUT2D eigenvalue weighted by molar-refractivity contribution is 0.0132. The fourth-order valence-electron chi connectivity index (χ4n) is 3.13. The Bertz CT molecular complexity index is 521. The Morgan fingerprint density at radius 3 is 2.68 bits per heavy atom. The molecule has 25 heavy (non-hydrogen) atoms. The number of morpholine rings is 1. The van der Waals surface area contributed by atoms with Gasteiger partial charge in [0.15, 0.2) is 5.96 Å². The van der Waals surface area contributed by atoms with Gasteiger partial charge in [-0.25, -0.2) is 4.99 Å². The first-order valence-electron chi connectivity index (χ1n) is 9.40. The second-order valence-electron chi connectivity index (χ2n) is 7.03. The van der Waals surface area contributed by atoms with Crippen molar-refractivity contribution in [3.8, 4) is 0 Å². The maximum Gasteiger partial charge on any atom is 0.191 e. The third kappa shape index (κ3) is 7.04. The summed E-state index contributed by atoms with van der Waals surface area (Å²) in [5.74, 6) is 1.54. The zero-order valence-electron chi connectivity index (χ0n) is 16.2. The summed E-state index contributed by atoms with van der Waals surface area (Å²) in [6, 6.07) is 0.506. The van der Waals surface area contributed by atoms with Crippen molar-refractivity contribution in [1.29, 1.82) is 0 Å². The molecule has 0 saturated carbocycles. The number of guanidine groups is 1. The molecule has 7 nitrogen and oxygen atoms in total. The standard InChI is InChI=1S/C18H34N6O/c1-5-19-18(20-11-16-12-22-23(4)14-16)21-13-17(10-15(2)3)24-6-8-25-9-7-24/h12,14-15,17H,5-11,13H2,1-4H3,(H2,19,20,21). The average Bonchev–Trinajstić information content (AvgIpc) is 3.02. The molecule has 1 atom stereocenters. The third-order valence-corrected chi connectivity index (χ3v) is 4.33. The molecule has 142 valence electrons. The van der Waals surface area contributed by atoms with Crippen LogP contribution in [0.4, 0.5) is 0 Å². The van der Waals surface area contributed by atoms with E-state index in [1.54, 1.807) is 0 Å². The maximum absolute atomic E-state index is 5.50. The van der Waals surface area contributed by atoms with Crippen LogP contribution in [0, 0.1) is 5.92 Å². The van der Waals surface area contributed by atoms with E-state index in [4.69, 9.17) is 9.73 Å². The van der Waals surface area contributed by atoms with Crippen LogP contribution in [0.15, 0.2) is 17.4 Å². The van der Waals surface area contributed by atoms with Crippen molar-refractivity contribution in [3.05, 3.63) is 18.0 Å². The van der Waals surface area contributed by atoms with Crippen molar-refractivity contribution in [2.45, 2.75) is 39.8 Å². The highest BCUT2D eigenvalue weighted by atomic mass is 16.5. The van der Waals surface area contributed by atoms with Gasteiger partial charge in [0, 0.05) is 51.0 Å². The largest absolute Gasteiger partial charge is 0.379 e. The fourth-order valence-corrected chi connectivity index (χ4v) is 3.13. The van der Waals surface area contributed by atoms with Crippen LogP contribution in [0.3, 0.4) is 0 Å². The summed E-state index contributed by atoms with van der Waals surface area (Å²) in [6.07, 6.45) is 5.04. The molecule has 1 aliphatic rings. The van der Waals surface area contributed by atoms with Gasteiger partial charge in [0.25, 0.3) is 0 Å². The van der Waals surface area contributed by atoms with Crippen LogP contribution in [0.1, 0.15) is 32.8 Å². The second-order valence-corrected chi connectivity index (χ2v) is 7.03. The smallest absolute Gasteiger partial charge is 0.191 e. The van der Waals surface area contributed by atoms with Crippen molar-refractivity contribution in [2.75, 3.05) is 39.4 Å². The molecular formula is C18H34N6O. The van der Waals surface area contributed by atoms with E-state index in [-0.39, 0.29) is 0 Å². The summed E-state index contributed by atoms with van der Waals surface area (Å²) >= 11 is 0. The van der Waals surface area contributed by atoms with Gasteiger partial charge in [-0.1, -0.05) is 13.8 Å². The molecule has 0 amide bonds. The lowest BCUT2D eigenvalue weighted by Crippen LogP contribution is -2.51. The monoisotopic (exact) mass is 350 g/mol. The lowest BCUT2D eigenvalue weighted by Gasteiger charge is -2.35. The molecule has 0 radical (unpaired) electrons. The summed E-state index contributed by atoms with van der Waals surface area (Å²) < 4.78 is 7.31. The predicted molar refractivity (Wildman–Crippen MR) is 102 cm³/mol. The Morgan fingerprint density at radius 1 is 1.32 bits per heavy atom. The Morgan fingerprint density at radius 2 is 2.08 bits per heavy atom. The third-order valence-electron chi connectivity index (χ3n) is 4.33. The molecule has 0 spiro atoms. The first-order valence-corrected chi connectivity index (χ1v) is 9.40. The van der Waals surface area contributed by atoms with E-state index in [1.165, 1.54) is 6.42 Å². The molecule has 1 aliphatic heterocycles. The summed E-state index contributed by atoms with van der Waals surface area (Å²) in [6.45, 7) is 12.8. The van der Waals surface area contributed by atoms with Gasteiger partial charge in [-0.15, -0.1) is 0 Å². The number of rotatable bonds is 8. The molecule has 7 heteroatoms. The van der Waals surface area contributed by atoms with E-state index >= 15 is 0 Å². The molecule has 0 aliphatic carbocycles. The SMILES string of the molecule is CCNC(=NCc1cnn(C)c1)NCC(CC(C)C)N1CCOCC1. The van der Waals surface area contributed by atoms with Crippen LogP contribution in [0.25, 0.3) is 0 Å². The first-order chi connectivity index (χ1) is 12.1. The Labute approximate surface area is 151 Å². The number of nitrogens with zero attached hydrogens (tertiary/aromatic N) is 4. The minimum Gasteiger partial charge on any atom is -0.379 e. The topological polar surface area (TPSA) is 66.7 Å². The normalized spacial score (nSPS) is 17.7. The van der Waals surface area contributed by atoms with Crippen LogP contribution >= 0.6 is 0 Å². The Hall–Kier alpha value is -1.60. The quantitative estimate of drug-likeness (QED) is 0.545. The van der Waals surface area contributed by atoms with E-state index < -0.39 is 0 Å². The van der Waals surface area contributed by atoms with Crippen LogP contribution in [-0.4, -0.2) is 66.1 Å². The number of aliphatic imine (C=N–C) groups is 1. The summed E-state index contributed by atoms with van der Waals surface area (Å²) in [7, 11) is 1.93. The van der Waals surface area contributed by atoms with Crippen LogP contribution < -0.4 is 10.6 Å². The van der Waals surface area contributed by atoms with Crippen LogP contribution in [0.5, 0.6) is 0 Å². The lowest BCUT2D eigenvalue weighted by atomic mass is 10.0. The van der Waals surface area contributed by atoms with Crippen molar-refractivity contribution in [3.63, 3.8) is 0 Å². The molecule has 0 bridgehead atoms. The van der Waals surface area contributed by atoms with E-state index in [0.29, 0.717) is 18.5 Å². The van der Waals surface area contributed by atoms with Crippen LogP contribution in [0.2, 0.25) is 0 Å². The molecule has 1 unspecified atom stereocenters. The van der Waals surface area contributed by atoms with Gasteiger partial charge in [0.2, 0.25) is 0 Å². The average molecular weight is 351 g/mol. The van der Waals surface area contributed by atoms with Gasteiger partial charge in [-0.2, -0.15) is 5.10 Å². The number of nitrogens with one attached hydrogen (secondary N) is 2. The highest BCUT2D eigenvalue weighted by molar-refractivity contribution is 5.79. The Kier molecular flexibility index (Phi) is 8.21. The second kappa shape index (κ2) is 10.4. The molecule has 1 aromatic heterocycles. The van der Waals surface area contributed by atoms with Crippen molar-refractivity contribution < 1.29 is 4.74 Å². The van der Waals surface area contributed by atoms with E-state index in [2.05, 4.69) is 41.4 Å². The van der Waals surface area contributed by atoms with Gasteiger partial charge in [-0.3, -0.25) is 9.58 Å². The number of hydrogen-bond donors (Lipinski definition) is 2. The van der Waals surface area contributed by atoms with Crippen molar-refractivity contribution >= 4 is 5.96 Å². The molecule has 1 saturated heterocycles. The summed E-state index contributed by atoms with van der Waals surface area (Å²) in [5.41, 5.74) is 1.12. The van der Waals surface area contributed by atoms with Crippen molar-refractivity contribution in [1.82, 2.24) is 25.3 Å². The number of aryl methyl sites for hydroxylation is 1. The van der Waals surface area contributed by atoms with Gasteiger partial charge in [0.1, 0.15) is 0 Å². The molecule has 2 rings (SSSR count). The summed E-state index contributed by atoms with van der Waals surface area (Å²) in [5, 5.41) is 11.1. The molecule has 2 N–H and O–H groups in total. The van der Waals surface area contributed by atoms with Gasteiger partial charge in [-0.05, 0) is 19.3 Å². The zero-order valence-corrected chi connectivity index (χ0v) is 16.2. The van der Waals surface area contributed by atoms with Gasteiger partial charge >= 0.3 is 0 Å². The van der Waals surface area contributed by atoms with E-state index in [1.807, 2.05) is 24.1 Å². The maximum atomic E-state index is 5.50. The minimum absolute atomic E-state index is 0.506. The number of ether oxygens (including phenoxy) is 1. The number of hydrogen-bond acceptors (Lipinski definition) is 4. The minimum atomic E-state index is 0.506. The zero-order chi connectivity index (χ0) is 18.1. The van der Waals surface area contributed by atoms with Gasteiger partial charge < -0.3 is 15.4 Å². The Balaban J connectivity index is 1.93. The predicted octanol–water partition coefficient (Wildman–Crippen LogP) is 1.22.